The van der Waals surface area contributed by atoms with Crippen molar-refractivity contribution in [1.29, 1.82) is 0 Å². The van der Waals surface area contributed by atoms with E-state index < -0.39 is 6.04 Å². The van der Waals surface area contributed by atoms with Crippen molar-refractivity contribution in [3.63, 3.8) is 0 Å². The van der Waals surface area contributed by atoms with Crippen LogP contribution in [0.5, 0.6) is 0 Å². The number of rotatable bonds is 5. The third kappa shape index (κ3) is 3.89. The lowest BCUT2D eigenvalue weighted by Gasteiger charge is -2.29. The summed E-state index contributed by atoms with van der Waals surface area (Å²) in [5, 5.41) is 0. The summed E-state index contributed by atoms with van der Waals surface area (Å²) in [5.41, 5.74) is 7.81. The molecule has 110 valence electrons. The van der Waals surface area contributed by atoms with Gasteiger partial charge >= 0.3 is 0 Å². The number of hydrogen-bond donors (Lipinski definition) is 1. The molecule has 1 heterocycles. The zero-order valence-corrected chi connectivity index (χ0v) is 12.4. The maximum atomic E-state index is 12.7. The van der Waals surface area contributed by atoms with E-state index in [0.29, 0.717) is 6.54 Å². The normalized spacial score (nSPS) is 12.2. The zero-order chi connectivity index (χ0) is 15.2. The Bertz CT molecular complexity index is 569. The van der Waals surface area contributed by atoms with Crippen LogP contribution in [0.4, 0.5) is 0 Å². The Balaban J connectivity index is 2.16. The molecule has 0 aliphatic rings. The number of aromatic nitrogens is 1. The van der Waals surface area contributed by atoms with Crippen molar-refractivity contribution in [1.82, 2.24) is 9.88 Å². The lowest BCUT2D eigenvalue weighted by Crippen LogP contribution is -2.42. The van der Waals surface area contributed by atoms with Gasteiger partial charge in [-0.15, -0.1) is 0 Å². The Morgan fingerprint density at radius 1 is 1.14 bits per heavy atom. The molecule has 0 aliphatic heterocycles. The monoisotopic (exact) mass is 283 g/mol. The molecule has 2 N–H and O–H groups in total. The molecule has 1 amide bonds. The van der Waals surface area contributed by atoms with E-state index in [9.17, 15) is 4.79 Å². The molecule has 0 saturated carbocycles. The van der Waals surface area contributed by atoms with Gasteiger partial charge in [0.15, 0.2) is 0 Å². The lowest BCUT2D eigenvalue weighted by atomic mass is 10.1. The maximum absolute atomic E-state index is 12.7. The number of nitrogens with zero attached hydrogens (tertiary/aromatic N) is 2. The van der Waals surface area contributed by atoms with Gasteiger partial charge in [-0.2, -0.15) is 0 Å². The van der Waals surface area contributed by atoms with E-state index in [4.69, 9.17) is 5.73 Å². The fourth-order valence-corrected chi connectivity index (χ4v) is 2.16. The van der Waals surface area contributed by atoms with E-state index in [2.05, 4.69) is 4.98 Å². The number of carbonyl (C=O) groups excluding carboxylic acids is 1. The number of benzene rings is 1. The molecule has 1 aromatic carbocycles. The quantitative estimate of drug-likeness (QED) is 0.917. The number of carbonyl (C=O) groups is 1. The molecule has 0 unspecified atom stereocenters. The molecule has 21 heavy (non-hydrogen) atoms. The molecule has 0 radical (unpaired) electrons. The van der Waals surface area contributed by atoms with E-state index in [1.807, 2.05) is 62.4 Å². The first-order chi connectivity index (χ1) is 10.1. The van der Waals surface area contributed by atoms with Crippen LogP contribution in [0.25, 0.3) is 0 Å². The van der Waals surface area contributed by atoms with Crippen LogP contribution in [0.1, 0.15) is 31.1 Å². The van der Waals surface area contributed by atoms with Crippen molar-refractivity contribution in [3.05, 3.63) is 66.0 Å². The summed E-state index contributed by atoms with van der Waals surface area (Å²) in [7, 11) is 0. The SMILES string of the molecule is CC(C)N(Cc1ccccn1)C(=O)[C@@H](N)c1ccccc1. The lowest BCUT2D eigenvalue weighted by molar-refractivity contribution is -0.135. The van der Waals surface area contributed by atoms with Crippen LogP contribution < -0.4 is 5.73 Å². The molecule has 4 heteroatoms. The molecule has 0 bridgehead atoms. The largest absolute Gasteiger partial charge is 0.333 e. The zero-order valence-electron chi connectivity index (χ0n) is 12.4. The van der Waals surface area contributed by atoms with Crippen molar-refractivity contribution in [2.75, 3.05) is 0 Å². The van der Waals surface area contributed by atoms with Gasteiger partial charge in [-0.3, -0.25) is 9.78 Å². The van der Waals surface area contributed by atoms with Crippen molar-refractivity contribution in [2.45, 2.75) is 32.5 Å². The van der Waals surface area contributed by atoms with Gasteiger partial charge in [0.05, 0.1) is 12.2 Å². The van der Waals surface area contributed by atoms with Gasteiger partial charge in [-0.05, 0) is 31.5 Å². The molecule has 1 atom stereocenters. The summed E-state index contributed by atoms with van der Waals surface area (Å²) >= 11 is 0. The Morgan fingerprint density at radius 3 is 2.38 bits per heavy atom. The van der Waals surface area contributed by atoms with Crippen LogP contribution >= 0.6 is 0 Å². The molecule has 0 spiro atoms. The van der Waals surface area contributed by atoms with Gasteiger partial charge in [0.2, 0.25) is 5.91 Å². The van der Waals surface area contributed by atoms with Crippen LogP contribution in [-0.4, -0.2) is 21.8 Å². The number of amides is 1. The summed E-state index contributed by atoms with van der Waals surface area (Å²) in [6, 6.07) is 14.6. The molecule has 1 aromatic heterocycles. The highest BCUT2D eigenvalue weighted by atomic mass is 16.2. The number of nitrogens with two attached hydrogens (primary N) is 1. The van der Waals surface area contributed by atoms with Crippen LogP contribution in [0, 0.1) is 0 Å². The fourth-order valence-electron chi connectivity index (χ4n) is 2.16. The first-order valence-corrected chi connectivity index (χ1v) is 7.10. The minimum Gasteiger partial charge on any atom is -0.333 e. The highest BCUT2D eigenvalue weighted by Crippen LogP contribution is 2.16. The van der Waals surface area contributed by atoms with E-state index in [-0.39, 0.29) is 11.9 Å². The van der Waals surface area contributed by atoms with Gasteiger partial charge in [0.25, 0.3) is 0 Å². The predicted octanol–water partition coefficient (Wildman–Crippen LogP) is 2.52. The Labute approximate surface area is 125 Å². The molecule has 2 aromatic rings. The average Bonchev–Trinajstić information content (AvgIpc) is 2.53. The van der Waals surface area contributed by atoms with Crippen LogP contribution in [0.15, 0.2) is 54.7 Å². The predicted molar refractivity (Wildman–Crippen MR) is 83.3 cm³/mol. The highest BCUT2D eigenvalue weighted by Gasteiger charge is 2.24. The minimum atomic E-state index is -0.641. The second kappa shape index (κ2) is 6.99. The van der Waals surface area contributed by atoms with Crippen LogP contribution in [0.2, 0.25) is 0 Å². The smallest absolute Gasteiger partial charge is 0.244 e. The van der Waals surface area contributed by atoms with Gasteiger partial charge in [-0.1, -0.05) is 36.4 Å². The standard InChI is InChI=1S/C17H21N3O/c1-13(2)20(12-15-10-6-7-11-19-15)17(21)16(18)14-8-4-3-5-9-14/h3-11,13,16H,12,18H2,1-2H3/t16-/m0/s1. The van der Waals surface area contributed by atoms with Gasteiger partial charge in [-0.25, -0.2) is 0 Å². The minimum absolute atomic E-state index is 0.0641. The van der Waals surface area contributed by atoms with Crippen molar-refractivity contribution in [3.8, 4) is 0 Å². The Hall–Kier alpha value is -2.20. The van der Waals surface area contributed by atoms with E-state index in [1.54, 1.807) is 11.1 Å². The van der Waals surface area contributed by atoms with Crippen LogP contribution in [0.3, 0.4) is 0 Å². The first kappa shape index (κ1) is 15.2. The van der Waals surface area contributed by atoms with Gasteiger partial charge in [0.1, 0.15) is 6.04 Å². The summed E-state index contributed by atoms with van der Waals surface area (Å²) < 4.78 is 0. The topological polar surface area (TPSA) is 59.2 Å². The number of hydrogen-bond acceptors (Lipinski definition) is 3. The number of pyridine rings is 1. The average molecular weight is 283 g/mol. The fraction of sp³-hybridized carbons (Fsp3) is 0.294. The second-order valence-electron chi connectivity index (χ2n) is 5.27. The van der Waals surface area contributed by atoms with Gasteiger partial charge < -0.3 is 10.6 Å². The van der Waals surface area contributed by atoms with Crippen molar-refractivity contribution >= 4 is 5.91 Å². The molecule has 2 rings (SSSR count). The molecule has 4 nitrogen and oxygen atoms in total. The summed E-state index contributed by atoms with van der Waals surface area (Å²) in [6.45, 7) is 4.44. The van der Waals surface area contributed by atoms with Gasteiger partial charge in [0, 0.05) is 12.2 Å². The molecule has 0 fully saturated rings. The highest BCUT2D eigenvalue weighted by molar-refractivity contribution is 5.83. The Kier molecular flexibility index (Phi) is 5.06. The molecular formula is C17H21N3O. The second-order valence-corrected chi connectivity index (χ2v) is 5.27. The van der Waals surface area contributed by atoms with E-state index in [1.165, 1.54) is 0 Å². The van der Waals surface area contributed by atoms with E-state index in [0.717, 1.165) is 11.3 Å². The van der Waals surface area contributed by atoms with Crippen molar-refractivity contribution < 1.29 is 4.79 Å². The van der Waals surface area contributed by atoms with Crippen molar-refractivity contribution in [2.24, 2.45) is 5.73 Å². The van der Waals surface area contributed by atoms with Crippen LogP contribution in [-0.2, 0) is 11.3 Å². The molecular weight excluding hydrogens is 262 g/mol. The summed E-state index contributed by atoms with van der Waals surface area (Å²) in [4.78, 5) is 18.7. The third-order valence-electron chi connectivity index (χ3n) is 3.39. The first-order valence-electron chi connectivity index (χ1n) is 7.10. The van der Waals surface area contributed by atoms with E-state index >= 15 is 0 Å². The molecule has 0 saturated heterocycles. The third-order valence-corrected chi connectivity index (χ3v) is 3.39. The molecule has 0 aliphatic carbocycles. The maximum Gasteiger partial charge on any atom is 0.244 e. The summed E-state index contributed by atoms with van der Waals surface area (Å²) in [5.74, 6) is -0.0816. The summed E-state index contributed by atoms with van der Waals surface area (Å²) in [6.07, 6.45) is 1.73. The Morgan fingerprint density at radius 2 is 1.81 bits per heavy atom.